The fraction of sp³-hybridized carbons (Fsp3) is 0.938. The number of nitrogens with one attached hydrogen (secondary N) is 1. The fourth-order valence-corrected chi connectivity index (χ4v) is 3.67. The van der Waals surface area contributed by atoms with Gasteiger partial charge in [0, 0.05) is 19.3 Å². The first-order chi connectivity index (χ1) is 9.65. The van der Waals surface area contributed by atoms with E-state index in [0.29, 0.717) is 11.5 Å². The number of ether oxygens (including phenoxy) is 1. The molecule has 1 saturated heterocycles. The first-order valence-electron chi connectivity index (χ1n) is 8.22. The van der Waals surface area contributed by atoms with Crippen LogP contribution in [0.2, 0.25) is 0 Å². The molecule has 1 atom stereocenters. The minimum atomic E-state index is -0.690. The molecule has 0 bridgehead atoms. The van der Waals surface area contributed by atoms with Crippen LogP contribution in [-0.2, 0) is 9.53 Å². The first-order valence-corrected chi connectivity index (χ1v) is 8.22. The average Bonchev–Trinajstić information content (AvgIpc) is 2.46. The van der Waals surface area contributed by atoms with Crippen LogP contribution in [-0.4, -0.2) is 36.4 Å². The van der Waals surface area contributed by atoms with Gasteiger partial charge in [-0.1, -0.05) is 19.8 Å². The van der Waals surface area contributed by atoms with Crippen molar-refractivity contribution in [3.05, 3.63) is 0 Å². The van der Waals surface area contributed by atoms with Crippen LogP contribution in [0.3, 0.4) is 0 Å². The highest BCUT2D eigenvalue weighted by Gasteiger charge is 2.37. The molecular formula is C16H29NO3. The normalized spacial score (nSPS) is 24.6. The van der Waals surface area contributed by atoms with Gasteiger partial charge in [-0.3, -0.25) is 4.79 Å². The fourth-order valence-electron chi connectivity index (χ4n) is 3.67. The van der Waals surface area contributed by atoms with Gasteiger partial charge in [0.05, 0.1) is 0 Å². The molecule has 1 saturated carbocycles. The number of hydrogen-bond acceptors (Lipinski definition) is 3. The molecule has 0 aromatic heterocycles. The van der Waals surface area contributed by atoms with Crippen LogP contribution in [0.4, 0.5) is 0 Å². The summed E-state index contributed by atoms with van der Waals surface area (Å²) in [7, 11) is 0. The van der Waals surface area contributed by atoms with Crippen LogP contribution < -0.4 is 5.32 Å². The van der Waals surface area contributed by atoms with E-state index in [1.165, 1.54) is 25.7 Å². The Bertz CT molecular complexity index is 303. The van der Waals surface area contributed by atoms with Crippen molar-refractivity contribution in [3.8, 4) is 0 Å². The molecule has 1 spiro atoms. The number of unbranched alkanes of at least 4 members (excludes halogenated alkanes) is 1. The Kier molecular flexibility index (Phi) is 5.85. The van der Waals surface area contributed by atoms with Crippen LogP contribution in [0, 0.1) is 5.41 Å². The van der Waals surface area contributed by atoms with Crippen LogP contribution in [0.1, 0.15) is 64.7 Å². The Labute approximate surface area is 122 Å². The molecule has 1 aliphatic carbocycles. The lowest BCUT2D eigenvalue weighted by molar-refractivity contribution is -0.140. The van der Waals surface area contributed by atoms with Gasteiger partial charge in [-0.05, 0) is 50.4 Å². The van der Waals surface area contributed by atoms with Gasteiger partial charge in [0.15, 0.2) is 0 Å². The number of rotatable bonds is 6. The Morgan fingerprint density at radius 2 is 1.95 bits per heavy atom. The standard InChI is InChI=1S/C16H29NO3/c1-2-3-4-14(15(18)19)17-13-5-7-16(8-6-13)9-11-20-12-10-16/h13-14,17H,2-12H2,1H3,(H,18,19). The summed E-state index contributed by atoms with van der Waals surface area (Å²) in [5.74, 6) is -0.690. The van der Waals surface area contributed by atoms with Gasteiger partial charge >= 0.3 is 5.97 Å². The molecule has 4 heteroatoms. The summed E-state index contributed by atoms with van der Waals surface area (Å²) < 4.78 is 5.47. The predicted molar refractivity (Wildman–Crippen MR) is 78.8 cm³/mol. The summed E-state index contributed by atoms with van der Waals surface area (Å²) in [6.07, 6.45) is 9.88. The van der Waals surface area contributed by atoms with Crippen molar-refractivity contribution in [3.63, 3.8) is 0 Å². The Balaban J connectivity index is 1.78. The summed E-state index contributed by atoms with van der Waals surface area (Å²) in [4.78, 5) is 11.3. The molecule has 1 heterocycles. The van der Waals surface area contributed by atoms with Gasteiger partial charge in [0.2, 0.25) is 0 Å². The van der Waals surface area contributed by atoms with Crippen molar-refractivity contribution in [2.24, 2.45) is 5.41 Å². The smallest absolute Gasteiger partial charge is 0.320 e. The molecule has 0 radical (unpaired) electrons. The second-order valence-electron chi connectivity index (χ2n) is 6.59. The molecule has 1 aliphatic heterocycles. The third kappa shape index (κ3) is 4.19. The lowest BCUT2D eigenvalue weighted by atomic mass is 9.68. The Morgan fingerprint density at radius 1 is 1.30 bits per heavy atom. The van der Waals surface area contributed by atoms with Crippen molar-refractivity contribution in [2.75, 3.05) is 13.2 Å². The number of carbonyl (C=O) groups is 1. The molecule has 2 rings (SSSR count). The third-order valence-electron chi connectivity index (χ3n) is 5.18. The summed E-state index contributed by atoms with van der Waals surface area (Å²) in [6.45, 7) is 3.92. The van der Waals surface area contributed by atoms with Gasteiger partial charge in [-0.2, -0.15) is 0 Å². The minimum absolute atomic E-state index is 0.358. The first kappa shape index (κ1) is 15.8. The summed E-state index contributed by atoms with van der Waals surface area (Å²) in [6, 6.07) is 0.0325. The van der Waals surface area contributed by atoms with E-state index in [4.69, 9.17) is 4.74 Å². The van der Waals surface area contributed by atoms with Crippen LogP contribution in [0.25, 0.3) is 0 Å². The number of carboxylic acids is 1. The molecule has 116 valence electrons. The second kappa shape index (κ2) is 7.41. The van der Waals surface area contributed by atoms with Gasteiger partial charge in [0.25, 0.3) is 0 Å². The van der Waals surface area contributed by atoms with E-state index in [2.05, 4.69) is 12.2 Å². The van der Waals surface area contributed by atoms with Crippen molar-refractivity contribution >= 4 is 5.97 Å². The Hall–Kier alpha value is -0.610. The van der Waals surface area contributed by atoms with Crippen molar-refractivity contribution in [2.45, 2.75) is 76.8 Å². The van der Waals surface area contributed by atoms with Crippen molar-refractivity contribution < 1.29 is 14.6 Å². The molecular weight excluding hydrogens is 254 g/mol. The summed E-state index contributed by atoms with van der Waals surface area (Å²) in [5, 5.41) is 12.7. The highest BCUT2D eigenvalue weighted by atomic mass is 16.5. The average molecular weight is 283 g/mol. The predicted octanol–water partition coefficient (Wildman–Crippen LogP) is 2.96. The van der Waals surface area contributed by atoms with Crippen molar-refractivity contribution in [1.82, 2.24) is 5.32 Å². The van der Waals surface area contributed by atoms with E-state index in [9.17, 15) is 9.90 Å². The number of hydrogen-bond donors (Lipinski definition) is 2. The number of aliphatic carboxylic acids is 1. The maximum Gasteiger partial charge on any atom is 0.320 e. The topological polar surface area (TPSA) is 58.6 Å². The van der Waals surface area contributed by atoms with E-state index < -0.39 is 5.97 Å². The van der Waals surface area contributed by atoms with Gasteiger partial charge in [0.1, 0.15) is 6.04 Å². The van der Waals surface area contributed by atoms with Crippen molar-refractivity contribution in [1.29, 1.82) is 0 Å². The zero-order valence-corrected chi connectivity index (χ0v) is 12.7. The summed E-state index contributed by atoms with van der Waals surface area (Å²) in [5.41, 5.74) is 0.499. The molecule has 2 N–H and O–H groups in total. The second-order valence-corrected chi connectivity index (χ2v) is 6.59. The summed E-state index contributed by atoms with van der Waals surface area (Å²) >= 11 is 0. The van der Waals surface area contributed by atoms with Crippen LogP contribution in [0.5, 0.6) is 0 Å². The largest absolute Gasteiger partial charge is 0.480 e. The lowest BCUT2D eigenvalue weighted by Gasteiger charge is -2.43. The maximum atomic E-state index is 11.3. The SMILES string of the molecule is CCCCC(NC1CCC2(CCOCC2)CC1)C(=O)O. The third-order valence-corrected chi connectivity index (χ3v) is 5.18. The molecule has 2 fully saturated rings. The molecule has 2 aliphatic rings. The molecule has 0 aromatic rings. The highest BCUT2D eigenvalue weighted by Crippen LogP contribution is 2.44. The van der Waals surface area contributed by atoms with E-state index in [-0.39, 0.29) is 6.04 Å². The molecule has 0 amide bonds. The van der Waals surface area contributed by atoms with Gasteiger partial charge in [-0.15, -0.1) is 0 Å². The highest BCUT2D eigenvalue weighted by molar-refractivity contribution is 5.73. The van der Waals surface area contributed by atoms with Crippen LogP contribution >= 0.6 is 0 Å². The van der Waals surface area contributed by atoms with E-state index >= 15 is 0 Å². The Morgan fingerprint density at radius 3 is 2.50 bits per heavy atom. The zero-order chi connectivity index (χ0) is 14.4. The number of carboxylic acid groups (broad SMARTS) is 1. The zero-order valence-electron chi connectivity index (χ0n) is 12.7. The monoisotopic (exact) mass is 283 g/mol. The minimum Gasteiger partial charge on any atom is -0.480 e. The molecule has 4 nitrogen and oxygen atoms in total. The maximum absolute atomic E-state index is 11.3. The molecule has 1 unspecified atom stereocenters. The van der Waals surface area contributed by atoms with Gasteiger partial charge < -0.3 is 15.2 Å². The lowest BCUT2D eigenvalue weighted by Crippen LogP contribution is -2.47. The van der Waals surface area contributed by atoms with E-state index in [1.807, 2.05) is 0 Å². The van der Waals surface area contributed by atoms with Crippen LogP contribution in [0.15, 0.2) is 0 Å². The van der Waals surface area contributed by atoms with Gasteiger partial charge in [-0.25, -0.2) is 0 Å². The van der Waals surface area contributed by atoms with E-state index in [0.717, 1.165) is 45.3 Å². The van der Waals surface area contributed by atoms with E-state index in [1.54, 1.807) is 0 Å². The molecule has 20 heavy (non-hydrogen) atoms. The molecule has 0 aromatic carbocycles. The quantitative estimate of drug-likeness (QED) is 0.787.